The van der Waals surface area contributed by atoms with Crippen molar-refractivity contribution >= 4 is 5.82 Å². The summed E-state index contributed by atoms with van der Waals surface area (Å²) < 4.78 is 0. The number of aryl methyl sites for hydroxylation is 2. The lowest BCUT2D eigenvalue weighted by molar-refractivity contribution is 0.914. The first-order valence-electron chi connectivity index (χ1n) is 5.06. The van der Waals surface area contributed by atoms with Crippen LogP contribution >= 0.6 is 0 Å². The van der Waals surface area contributed by atoms with Crippen LogP contribution in [0, 0.1) is 13.8 Å². The Morgan fingerprint density at radius 2 is 2.12 bits per heavy atom. The summed E-state index contributed by atoms with van der Waals surface area (Å²) in [4.78, 5) is 8.60. The minimum Gasteiger partial charge on any atom is -0.363 e. The van der Waals surface area contributed by atoms with Crippen LogP contribution in [0.2, 0.25) is 0 Å². The first-order valence-corrected chi connectivity index (χ1v) is 5.06. The Hall–Kier alpha value is -2.04. The molecular weight excluding hydrogens is 202 g/mol. The monoisotopic (exact) mass is 215 g/mol. The zero-order chi connectivity index (χ0) is 11.4. The summed E-state index contributed by atoms with van der Waals surface area (Å²) in [6.07, 6.45) is 3.37. The van der Waals surface area contributed by atoms with Crippen LogP contribution < -0.4 is 5.32 Å². The molecule has 1 N–H and O–H groups in total. The predicted octanol–water partition coefficient (Wildman–Crippen LogP) is 1.50. The molecule has 0 aliphatic rings. The van der Waals surface area contributed by atoms with Gasteiger partial charge in [-0.25, -0.2) is 4.98 Å². The van der Waals surface area contributed by atoms with Crippen molar-refractivity contribution < 1.29 is 0 Å². The van der Waals surface area contributed by atoms with E-state index in [4.69, 9.17) is 0 Å². The van der Waals surface area contributed by atoms with Gasteiger partial charge in [0.25, 0.3) is 0 Å². The van der Waals surface area contributed by atoms with E-state index in [1.165, 1.54) is 0 Å². The summed E-state index contributed by atoms with van der Waals surface area (Å²) >= 11 is 0. The third-order valence-electron chi connectivity index (χ3n) is 2.27. The molecule has 0 radical (unpaired) electrons. The van der Waals surface area contributed by atoms with Gasteiger partial charge < -0.3 is 5.32 Å². The van der Waals surface area contributed by atoms with Crippen LogP contribution in [0.25, 0.3) is 0 Å². The van der Waals surface area contributed by atoms with E-state index in [1.54, 1.807) is 12.4 Å². The van der Waals surface area contributed by atoms with E-state index < -0.39 is 0 Å². The standard InChI is InChI=1S/C11H13N5/c1-8-9(2)15-11(7-12-8)13-6-10-4-3-5-14-16-10/h3-5,7H,6H2,1-2H3,(H,13,15). The van der Waals surface area contributed by atoms with Gasteiger partial charge in [0.2, 0.25) is 0 Å². The summed E-state index contributed by atoms with van der Waals surface area (Å²) in [6, 6.07) is 3.77. The molecule has 0 saturated carbocycles. The van der Waals surface area contributed by atoms with Gasteiger partial charge in [0.1, 0.15) is 5.82 Å². The number of rotatable bonds is 3. The van der Waals surface area contributed by atoms with Crippen LogP contribution in [-0.4, -0.2) is 20.2 Å². The van der Waals surface area contributed by atoms with Gasteiger partial charge in [-0.1, -0.05) is 0 Å². The van der Waals surface area contributed by atoms with Crippen molar-refractivity contribution in [2.75, 3.05) is 5.32 Å². The number of anilines is 1. The number of aromatic nitrogens is 4. The molecule has 2 rings (SSSR count). The number of hydrogen-bond acceptors (Lipinski definition) is 5. The van der Waals surface area contributed by atoms with Crippen molar-refractivity contribution in [2.24, 2.45) is 0 Å². The molecule has 0 aromatic carbocycles. The Morgan fingerprint density at radius 3 is 2.81 bits per heavy atom. The van der Waals surface area contributed by atoms with Crippen LogP contribution in [0.4, 0.5) is 5.82 Å². The highest BCUT2D eigenvalue weighted by atomic mass is 15.1. The fourth-order valence-electron chi connectivity index (χ4n) is 1.24. The summed E-state index contributed by atoms with van der Waals surface area (Å²) in [7, 11) is 0. The molecule has 5 heteroatoms. The molecule has 5 nitrogen and oxygen atoms in total. The maximum atomic E-state index is 4.37. The minimum atomic E-state index is 0.602. The SMILES string of the molecule is Cc1ncc(NCc2cccnn2)nc1C. The Kier molecular flexibility index (Phi) is 3.05. The molecule has 0 atom stereocenters. The van der Waals surface area contributed by atoms with E-state index in [2.05, 4.69) is 25.5 Å². The molecule has 0 aliphatic heterocycles. The van der Waals surface area contributed by atoms with Gasteiger partial charge in [-0.15, -0.1) is 0 Å². The second-order valence-corrected chi connectivity index (χ2v) is 3.49. The molecular formula is C11H13N5. The van der Waals surface area contributed by atoms with Crippen LogP contribution in [-0.2, 0) is 6.54 Å². The van der Waals surface area contributed by atoms with E-state index in [9.17, 15) is 0 Å². The molecule has 0 spiro atoms. The number of nitrogens with zero attached hydrogens (tertiary/aromatic N) is 4. The summed E-state index contributed by atoms with van der Waals surface area (Å²) in [5.41, 5.74) is 2.76. The highest BCUT2D eigenvalue weighted by Crippen LogP contribution is 2.06. The predicted molar refractivity (Wildman–Crippen MR) is 60.9 cm³/mol. The molecule has 0 aliphatic carbocycles. The molecule has 0 amide bonds. The first-order chi connectivity index (χ1) is 7.75. The van der Waals surface area contributed by atoms with Crippen molar-refractivity contribution in [3.8, 4) is 0 Å². The van der Waals surface area contributed by atoms with E-state index >= 15 is 0 Å². The van der Waals surface area contributed by atoms with Gasteiger partial charge in [-0.2, -0.15) is 10.2 Å². The zero-order valence-electron chi connectivity index (χ0n) is 9.31. The lowest BCUT2D eigenvalue weighted by Crippen LogP contribution is -2.05. The fourth-order valence-corrected chi connectivity index (χ4v) is 1.24. The van der Waals surface area contributed by atoms with Gasteiger partial charge in [-0.3, -0.25) is 4.98 Å². The number of hydrogen-bond donors (Lipinski definition) is 1. The van der Waals surface area contributed by atoms with E-state index in [1.807, 2.05) is 26.0 Å². The largest absolute Gasteiger partial charge is 0.363 e. The highest BCUT2D eigenvalue weighted by Gasteiger charge is 1.99. The molecule has 16 heavy (non-hydrogen) atoms. The summed E-state index contributed by atoms with van der Waals surface area (Å²) in [6.45, 7) is 4.48. The third kappa shape index (κ3) is 2.50. The summed E-state index contributed by atoms with van der Waals surface area (Å²) in [5.74, 6) is 0.758. The van der Waals surface area contributed by atoms with Gasteiger partial charge in [-0.05, 0) is 26.0 Å². The second kappa shape index (κ2) is 4.65. The topological polar surface area (TPSA) is 63.6 Å². The lowest BCUT2D eigenvalue weighted by Gasteiger charge is -2.05. The number of nitrogens with one attached hydrogen (secondary N) is 1. The zero-order valence-corrected chi connectivity index (χ0v) is 9.31. The van der Waals surface area contributed by atoms with Gasteiger partial charge in [0.15, 0.2) is 0 Å². The first kappa shape index (κ1) is 10.5. The van der Waals surface area contributed by atoms with Crippen molar-refractivity contribution in [1.29, 1.82) is 0 Å². The molecule has 0 unspecified atom stereocenters. The molecule has 2 aromatic heterocycles. The Labute approximate surface area is 94.0 Å². The van der Waals surface area contributed by atoms with Crippen LogP contribution in [0.3, 0.4) is 0 Å². The molecule has 0 saturated heterocycles. The lowest BCUT2D eigenvalue weighted by atomic mass is 10.3. The molecule has 0 bridgehead atoms. The molecule has 2 aromatic rings. The summed E-state index contributed by atoms with van der Waals surface area (Å²) in [5, 5.41) is 10.9. The second-order valence-electron chi connectivity index (χ2n) is 3.49. The minimum absolute atomic E-state index is 0.602. The van der Waals surface area contributed by atoms with Crippen LogP contribution in [0.5, 0.6) is 0 Å². The van der Waals surface area contributed by atoms with Crippen molar-refractivity contribution in [3.63, 3.8) is 0 Å². The smallest absolute Gasteiger partial charge is 0.145 e. The normalized spacial score (nSPS) is 10.1. The maximum Gasteiger partial charge on any atom is 0.145 e. The van der Waals surface area contributed by atoms with Gasteiger partial charge >= 0.3 is 0 Å². The third-order valence-corrected chi connectivity index (χ3v) is 2.27. The van der Waals surface area contributed by atoms with Crippen LogP contribution in [0.1, 0.15) is 17.1 Å². The van der Waals surface area contributed by atoms with Crippen molar-refractivity contribution in [2.45, 2.75) is 20.4 Å². The molecule has 2 heterocycles. The Morgan fingerprint density at radius 1 is 1.25 bits per heavy atom. The van der Waals surface area contributed by atoms with Gasteiger partial charge in [0, 0.05) is 6.20 Å². The van der Waals surface area contributed by atoms with E-state index in [0.717, 1.165) is 22.9 Å². The average molecular weight is 215 g/mol. The van der Waals surface area contributed by atoms with Crippen LogP contribution in [0.15, 0.2) is 24.5 Å². The van der Waals surface area contributed by atoms with E-state index in [-0.39, 0.29) is 0 Å². The fraction of sp³-hybridized carbons (Fsp3) is 0.273. The van der Waals surface area contributed by atoms with Crippen molar-refractivity contribution in [1.82, 2.24) is 20.2 Å². The Bertz CT molecular complexity index is 469. The molecule has 82 valence electrons. The van der Waals surface area contributed by atoms with Gasteiger partial charge in [0.05, 0.1) is 29.8 Å². The van der Waals surface area contributed by atoms with E-state index in [0.29, 0.717) is 6.54 Å². The quantitative estimate of drug-likeness (QED) is 0.840. The highest BCUT2D eigenvalue weighted by molar-refractivity contribution is 5.33. The molecule has 0 fully saturated rings. The van der Waals surface area contributed by atoms with Crippen molar-refractivity contribution in [3.05, 3.63) is 41.6 Å². The average Bonchev–Trinajstić information content (AvgIpc) is 2.32. The Balaban J connectivity index is 2.03. The maximum absolute atomic E-state index is 4.37.